The zero-order chi connectivity index (χ0) is 11.0. The van der Waals surface area contributed by atoms with Crippen molar-refractivity contribution in [3.8, 4) is 0 Å². The third-order valence-electron chi connectivity index (χ3n) is 3.68. The molecule has 2 saturated heterocycles. The van der Waals surface area contributed by atoms with Gasteiger partial charge in [-0.15, -0.1) is 0 Å². The number of rotatable bonds is 1. The van der Waals surface area contributed by atoms with E-state index in [1.54, 1.807) is 0 Å². The first kappa shape index (κ1) is 10.4. The van der Waals surface area contributed by atoms with Crippen molar-refractivity contribution in [2.75, 3.05) is 31.1 Å². The normalized spacial score (nSPS) is 29.2. The average molecular weight is 237 g/mol. The van der Waals surface area contributed by atoms with Crippen molar-refractivity contribution < 1.29 is 0 Å². The van der Waals surface area contributed by atoms with Gasteiger partial charge in [-0.1, -0.05) is 11.6 Å². The van der Waals surface area contributed by atoms with Gasteiger partial charge in [-0.3, -0.25) is 0 Å². The standard InChI is InChI=1S/C13H17ClN2/c14-12-1-3-13(4-2-12)16-8-10-5-11(9-16)7-15-6-10/h1-4,10-11,15H,5-9H2. The number of nitrogens with zero attached hydrogens (tertiary/aromatic N) is 1. The molecule has 0 spiro atoms. The molecule has 2 fully saturated rings. The fourth-order valence-electron chi connectivity index (χ4n) is 2.97. The van der Waals surface area contributed by atoms with Crippen LogP contribution in [0.1, 0.15) is 6.42 Å². The lowest BCUT2D eigenvalue weighted by molar-refractivity contribution is 0.250. The van der Waals surface area contributed by atoms with Gasteiger partial charge in [0.2, 0.25) is 0 Å². The Morgan fingerprint density at radius 3 is 2.31 bits per heavy atom. The second kappa shape index (κ2) is 4.27. The zero-order valence-electron chi connectivity index (χ0n) is 9.32. The number of hydrogen-bond donors (Lipinski definition) is 1. The van der Waals surface area contributed by atoms with Gasteiger partial charge in [0, 0.05) is 23.8 Å². The number of hydrogen-bond acceptors (Lipinski definition) is 2. The highest BCUT2D eigenvalue weighted by molar-refractivity contribution is 6.30. The molecule has 2 bridgehead atoms. The van der Waals surface area contributed by atoms with Gasteiger partial charge in [-0.2, -0.15) is 0 Å². The van der Waals surface area contributed by atoms with Crippen LogP contribution in [0.2, 0.25) is 5.02 Å². The van der Waals surface area contributed by atoms with Crippen LogP contribution in [0.4, 0.5) is 5.69 Å². The van der Waals surface area contributed by atoms with Gasteiger partial charge in [0.25, 0.3) is 0 Å². The van der Waals surface area contributed by atoms with Crippen molar-refractivity contribution in [3.63, 3.8) is 0 Å². The zero-order valence-corrected chi connectivity index (χ0v) is 10.1. The smallest absolute Gasteiger partial charge is 0.0407 e. The Morgan fingerprint density at radius 1 is 1.06 bits per heavy atom. The maximum absolute atomic E-state index is 5.92. The maximum Gasteiger partial charge on any atom is 0.0407 e. The van der Waals surface area contributed by atoms with E-state index in [-0.39, 0.29) is 0 Å². The molecule has 86 valence electrons. The number of nitrogens with one attached hydrogen (secondary N) is 1. The van der Waals surface area contributed by atoms with E-state index in [0.29, 0.717) is 0 Å². The Labute approximate surface area is 102 Å². The second-order valence-corrected chi connectivity index (χ2v) is 5.44. The first-order chi connectivity index (χ1) is 7.81. The lowest BCUT2D eigenvalue weighted by atomic mass is 9.85. The molecule has 0 radical (unpaired) electrons. The quantitative estimate of drug-likeness (QED) is 0.806. The molecule has 1 N–H and O–H groups in total. The third kappa shape index (κ3) is 2.04. The van der Waals surface area contributed by atoms with Gasteiger partial charge in [0.15, 0.2) is 0 Å². The molecule has 0 aromatic heterocycles. The van der Waals surface area contributed by atoms with Gasteiger partial charge >= 0.3 is 0 Å². The first-order valence-corrected chi connectivity index (χ1v) is 6.40. The van der Waals surface area contributed by atoms with E-state index in [1.807, 2.05) is 12.1 Å². The SMILES string of the molecule is Clc1ccc(N2CC3CNCC(C3)C2)cc1. The van der Waals surface area contributed by atoms with Crippen LogP contribution in [0.5, 0.6) is 0 Å². The van der Waals surface area contributed by atoms with E-state index in [4.69, 9.17) is 11.6 Å². The van der Waals surface area contributed by atoms with Gasteiger partial charge in [0.1, 0.15) is 0 Å². The third-order valence-corrected chi connectivity index (χ3v) is 3.93. The number of piperidine rings is 2. The van der Waals surface area contributed by atoms with Crippen molar-refractivity contribution >= 4 is 17.3 Å². The summed E-state index contributed by atoms with van der Waals surface area (Å²) in [5.74, 6) is 1.64. The molecule has 2 aliphatic heterocycles. The van der Waals surface area contributed by atoms with Crippen LogP contribution in [0.3, 0.4) is 0 Å². The molecule has 0 amide bonds. The summed E-state index contributed by atoms with van der Waals surface area (Å²) in [6.45, 7) is 4.73. The molecule has 0 aliphatic carbocycles. The van der Waals surface area contributed by atoms with E-state index in [0.717, 1.165) is 16.9 Å². The van der Waals surface area contributed by atoms with Crippen LogP contribution in [0, 0.1) is 11.8 Å². The fourth-order valence-corrected chi connectivity index (χ4v) is 3.09. The van der Waals surface area contributed by atoms with E-state index < -0.39 is 0 Å². The van der Waals surface area contributed by atoms with E-state index in [1.165, 1.54) is 38.3 Å². The molecule has 3 heteroatoms. The molecular weight excluding hydrogens is 220 g/mol. The number of anilines is 1. The fraction of sp³-hybridized carbons (Fsp3) is 0.538. The lowest BCUT2D eigenvalue weighted by Gasteiger charge is -2.42. The van der Waals surface area contributed by atoms with Crippen LogP contribution >= 0.6 is 11.6 Å². The maximum atomic E-state index is 5.92. The molecule has 3 rings (SSSR count). The molecular formula is C13H17ClN2. The molecule has 2 nitrogen and oxygen atoms in total. The minimum Gasteiger partial charge on any atom is -0.371 e. The molecule has 2 atom stereocenters. The van der Waals surface area contributed by atoms with E-state index in [2.05, 4.69) is 22.3 Å². The Balaban J connectivity index is 1.77. The molecule has 16 heavy (non-hydrogen) atoms. The highest BCUT2D eigenvalue weighted by atomic mass is 35.5. The van der Waals surface area contributed by atoms with Gasteiger partial charge in [-0.25, -0.2) is 0 Å². The summed E-state index contributed by atoms with van der Waals surface area (Å²) in [6.07, 6.45) is 1.40. The Bertz CT molecular complexity index is 351. The molecule has 0 saturated carbocycles. The molecule has 2 heterocycles. The summed E-state index contributed by atoms with van der Waals surface area (Å²) in [5.41, 5.74) is 1.32. The summed E-state index contributed by atoms with van der Waals surface area (Å²) in [6, 6.07) is 8.24. The molecule has 1 aromatic rings. The van der Waals surface area contributed by atoms with E-state index >= 15 is 0 Å². The number of benzene rings is 1. The largest absolute Gasteiger partial charge is 0.371 e. The van der Waals surface area contributed by atoms with Crippen LogP contribution in [-0.4, -0.2) is 26.2 Å². The Kier molecular flexibility index (Phi) is 2.78. The predicted octanol–water partition coefficient (Wildman–Crippen LogP) is 2.39. The van der Waals surface area contributed by atoms with Gasteiger partial charge < -0.3 is 10.2 Å². The van der Waals surface area contributed by atoms with Crippen molar-refractivity contribution in [2.45, 2.75) is 6.42 Å². The van der Waals surface area contributed by atoms with Crippen LogP contribution < -0.4 is 10.2 Å². The number of halogens is 1. The highest BCUT2D eigenvalue weighted by Gasteiger charge is 2.30. The minimum atomic E-state index is 0.822. The highest BCUT2D eigenvalue weighted by Crippen LogP contribution is 2.29. The molecule has 2 unspecified atom stereocenters. The summed E-state index contributed by atoms with van der Waals surface area (Å²) in [5, 5.41) is 4.34. The van der Waals surface area contributed by atoms with Gasteiger partial charge in [0.05, 0.1) is 0 Å². The first-order valence-electron chi connectivity index (χ1n) is 6.02. The van der Waals surface area contributed by atoms with Crippen LogP contribution in [0.25, 0.3) is 0 Å². The lowest BCUT2D eigenvalue weighted by Crippen LogP contribution is -2.51. The van der Waals surface area contributed by atoms with Crippen molar-refractivity contribution in [1.82, 2.24) is 5.32 Å². The summed E-state index contributed by atoms with van der Waals surface area (Å²) < 4.78 is 0. The van der Waals surface area contributed by atoms with Gasteiger partial charge in [-0.05, 0) is 55.6 Å². The van der Waals surface area contributed by atoms with Crippen molar-refractivity contribution in [3.05, 3.63) is 29.3 Å². The number of fused-ring (bicyclic) bond motifs is 2. The van der Waals surface area contributed by atoms with Crippen LogP contribution in [0.15, 0.2) is 24.3 Å². The predicted molar refractivity (Wildman–Crippen MR) is 68.1 cm³/mol. The minimum absolute atomic E-state index is 0.822. The summed E-state index contributed by atoms with van der Waals surface area (Å²) in [7, 11) is 0. The molecule has 2 aliphatic rings. The molecule has 1 aromatic carbocycles. The Morgan fingerprint density at radius 2 is 1.69 bits per heavy atom. The van der Waals surface area contributed by atoms with E-state index in [9.17, 15) is 0 Å². The van der Waals surface area contributed by atoms with Crippen molar-refractivity contribution in [1.29, 1.82) is 0 Å². The second-order valence-electron chi connectivity index (χ2n) is 5.01. The summed E-state index contributed by atoms with van der Waals surface area (Å²) in [4.78, 5) is 2.51. The monoisotopic (exact) mass is 236 g/mol. The van der Waals surface area contributed by atoms with Crippen LogP contribution in [-0.2, 0) is 0 Å². The topological polar surface area (TPSA) is 15.3 Å². The Hall–Kier alpha value is -0.730. The summed E-state index contributed by atoms with van der Waals surface area (Å²) >= 11 is 5.92. The van der Waals surface area contributed by atoms with Crippen molar-refractivity contribution in [2.24, 2.45) is 11.8 Å². The average Bonchev–Trinajstić information content (AvgIpc) is 2.29.